The lowest BCUT2D eigenvalue weighted by Crippen LogP contribution is -2.12. The van der Waals surface area contributed by atoms with E-state index in [0.29, 0.717) is 115 Å². The lowest BCUT2D eigenvalue weighted by atomic mass is 9.99. The number of aryl methyl sites for hydroxylation is 2. The van der Waals surface area contributed by atoms with Crippen LogP contribution in [0.4, 0.5) is 0 Å². The molecule has 1 heterocycles. The molecule has 0 aliphatic heterocycles. The van der Waals surface area contributed by atoms with Gasteiger partial charge in [-0.15, -0.1) is 11.3 Å². The molecule has 5 rings (SSSR count). The summed E-state index contributed by atoms with van der Waals surface area (Å²) >= 11 is 1.60. The van der Waals surface area contributed by atoms with Crippen LogP contribution in [0.25, 0.3) is 20.9 Å². The Morgan fingerprint density at radius 1 is 0.381 bits per heavy atom. The second kappa shape index (κ2) is 28.3. The number of rotatable bonds is 32. The first-order valence-electron chi connectivity index (χ1n) is 21.3. The molecule has 0 saturated heterocycles. The highest BCUT2D eigenvalue weighted by Crippen LogP contribution is 2.53. The van der Waals surface area contributed by atoms with E-state index >= 15 is 0 Å². The van der Waals surface area contributed by atoms with Crippen LogP contribution in [0.2, 0.25) is 0 Å². The molecule has 0 atom stereocenters. The topological polar surface area (TPSA) is 111 Å². The number of hydrogen-bond acceptors (Lipinski definition) is 13. The zero-order chi connectivity index (χ0) is 44.5. The lowest BCUT2D eigenvalue weighted by molar-refractivity contribution is -0.00150. The second-order valence-electron chi connectivity index (χ2n) is 14.5. The van der Waals surface area contributed by atoms with Crippen LogP contribution in [0.3, 0.4) is 0 Å². The molecule has 5 aromatic rings. The quantitative estimate of drug-likeness (QED) is 0.0384. The summed E-state index contributed by atoms with van der Waals surface area (Å²) in [5.74, 6) is 2.72. The second-order valence-corrected chi connectivity index (χ2v) is 15.5. The fourth-order valence-corrected chi connectivity index (χ4v) is 8.05. The third-order valence-electron chi connectivity index (χ3n) is 9.75. The summed E-state index contributed by atoms with van der Waals surface area (Å²) in [6, 6.07) is 28.4. The van der Waals surface area contributed by atoms with Gasteiger partial charge in [-0.2, -0.15) is 0 Å². The van der Waals surface area contributed by atoms with Crippen molar-refractivity contribution >= 4 is 11.3 Å². The Morgan fingerprint density at radius 3 is 1.06 bits per heavy atom. The Bertz CT molecular complexity index is 1900. The smallest absolute Gasteiger partial charge is 0.132 e. The van der Waals surface area contributed by atoms with Crippen LogP contribution < -0.4 is 18.9 Å². The van der Waals surface area contributed by atoms with Gasteiger partial charge in [0.2, 0.25) is 0 Å². The monoisotopic (exact) mass is 888 g/mol. The zero-order valence-electron chi connectivity index (χ0n) is 37.7. The number of hydrogen-bond donors (Lipinski definition) is 0. The van der Waals surface area contributed by atoms with Gasteiger partial charge in [0.05, 0.1) is 118 Å². The Morgan fingerprint density at radius 2 is 0.714 bits per heavy atom. The summed E-state index contributed by atoms with van der Waals surface area (Å²) in [5.41, 5.74) is 7.57. The lowest BCUT2D eigenvalue weighted by Gasteiger charge is -2.18. The van der Waals surface area contributed by atoms with E-state index in [-0.39, 0.29) is 13.2 Å². The molecule has 0 N–H and O–H groups in total. The normalized spacial score (nSPS) is 11.3. The largest absolute Gasteiger partial charge is 0.496 e. The van der Waals surface area contributed by atoms with Gasteiger partial charge in [0.1, 0.15) is 36.2 Å². The Labute approximate surface area is 377 Å². The molecule has 13 heteroatoms. The number of methoxy groups -OCH3 is 4. The van der Waals surface area contributed by atoms with Crippen LogP contribution in [0, 0.1) is 13.8 Å². The van der Waals surface area contributed by atoms with Crippen molar-refractivity contribution in [1.29, 1.82) is 0 Å². The van der Waals surface area contributed by atoms with Crippen molar-refractivity contribution in [2.24, 2.45) is 0 Å². The molecule has 0 spiro atoms. The van der Waals surface area contributed by atoms with Crippen molar-refractivity contribution in [2.45, 2.75) is 40.3 Å². The average Bonchev–Trinajstić information content (AvgIpc) is 3.65. The molecule has 0 amide bonds. The van der Waals surface area contributed by atoms with E-state index < -0.39 is 0 Å². The first-order valence-corrected chi connectivity index (χ1v) is 22.1. The first kappa shape index (κ1) is 49.5. The maximum Gasteiger partial charge on any atom is 0.132 e. The van der Waals surface area contributed by atoms with Gasteiger partial charge >= 0.3 is 0 Å². The Kier molecular flexibility index (Phi) is 22.2. The molecular formula is C50H64O12S. The van der Waals surface area contributed by atoms with E-state index in [2.05, 4.69) is 36.4 Å². The van der Waals surface area contributed by atoms with Crippen molar-refractivity contribution < 1.29 is 56.8 Å². The van der Waals surface area contributed by atoms with E-state index in [1.165, 1.54) is 0 Å². The van der Waals surface area contributed by atoms with Gasteiger partial charge in [-0.25, -0.2) is 0 Å². The maximum absolute atomic E-state index is 6.69. The fraction of sp³-hybridized carbons (Fsp3) is 0.440. The maximum atomic E-state index is 6.69. The SMILES string of the molecule is COCCOCCOCCOCc1c(-c2c(OC)cc(C)cc2OCc2ccccc2)sc(-c2c(OC)cc(C)cc2OCc2ccccc2)c1COCCOCCOCCOC. The summed E-state index contributed by atoms with van der Waals surface area (Å²) in [4.78, 5) is 1.83. The van der Waals surface area contributed by atoms with Crippen molar-refractivity contribution in [3.05, 3.63) is 118 Å². The van der Waals surface area contributed by atoms with Crippen LogP contribution in [-0.4, -0.2) is 108 Å². The average molecular weight is 889 g/mol. The van der Waals surface area contributed by atoms with Crippen molar-refractivity contribution in [3.8, 4) is 43.9 Å². The van der Waals surface area contributed by atoms with E-state index in [4.69, 9.17) is 56.8 Å². The molecule has 12 nitrogen and oxygen atoms in total. The molecular weight excluding hydrogens is 825 g/mol. The van der Waals surface area contributed by atoms with Gasteiger partial charge in [-0.3, -0.25) is 0 Å². The van der Waals surface area contributed by atoms with Crippen LogP contribution in [-0.2, 0) is 64.3 Å². The number of thiophene rings is 1. The standard InChI is InChI=1S/C50H64O12S/c1-37-29-43(53-5)47(45(31-37)61-33-39-13-9-7-10-14-39)49-41(35-59-27-25-57-23-21-55-19-17-51-3)42(36-60-28-26-58-24-22-56-20-18-52-4)50(63-49)48-44(54-6)30-38(2)32-46(48)62-34-40-15-11-8-12-16-40/h7-16,29-32H,17-28,33-36H2,1-6H3. The van der Waals surface area contributed by atoms with E-state index in [0.717, 1.165) is 54.3 Å². The summed E-state index contributed by atoms with van der Waals surface area (Å²) in [6.45, 7) is 10.7. The highest BCUT2D eigenvalue weighted by Gasteiger charge is 2.29. The van der Waals surface area contributed by atoms with Crippen molar-refractivity contribution in [2.75, 3.05) is 108 Å². The summed E-state index contributed by atoms with van der Waals surface area (Å²) in [5, 5.41) is 0. The predicted octanol–water partition coefficient (Wildman–Crippen LogP) is 9.27. The van der Waals surface area contributed by atoms with Crippen molar-refractivity contribution in [1.82, 2.24) is 0 Å². The van der Waals surface area contributed by atoms with Crippen LogP contribution >= 0.6 is 11.3 Å². The van der Waals surface area contributed by atoms with Gasteiger partial charge < -0.3 is 56.8 Å². The summed E-state index contributed by atoms with van der Waals surface area (Å²) in [7, 11) is 6.67. The Hall–Kier alpha value is -4.54. The number of benzene rings is 4. The minimum atomic E-state index is 0.247. The summed E-state index contributed by atoms with van der Waals surface area (Å²) < 4.78 is 71.6. The number of ether oxygens (including phenoxy) is 12. The molecule has 0 radical (unpaired) electrons. The van der Waals surface area contributed by atoms with Gasteiger partial charge in [-0.1, -0.05) is 60.7 Å². The van der Waals surface area contributed by atoms with Gasteiger partial charge in [-0.05, 0) is 60.4 Å². The minimum absolute atomic E-state index is 0.247. The molecule has 0 saturated carbocycles. The molecule has 342 valence electrons. The molecule has 0 aliphatic rings. The molecule has 0 unspecified atom stereocenters. The van der Waals surface area contributed by atoms with E-state index in [1.54, 1.807) is 39.8 Å². The van der Waals surface area contributed by atoms with Gasteiger partial charge in [0.15, 0.2) is 0 Å². The fourth-order valence-electron chi connectivity index (χ4n) is 6.63. The third-order valence-corrected chi connectivity index (χ3v) is 11.1. The first-order chi connectivity index (χ1) is 31.0. The van der Waals surface area contributed by atoms with Crippen LogP contribution in [0.5, 0.6) is 23.0 Å². The molecule has 4 aromatic carbocycles. The molecule has 0 fully saturated rings. The van der Waals surface area contributed by atoms with E-state index in [1.807, 2.05) is 62.4 Å². The third kappa shape index (κ3) is 15.9. The molecule has 0 bridgehead atoms. The highest BCUT2D eigenvalue weighted by atomic mass is 32.1. The summed E-state index contributed by atoms with van der Waals surface area (Å²) in [6.07, 6.45) is 0. The zero-order valence-corrected chi connectivity index (χ0v) is 38.5. The molecule has 0 aliphatic carbocycles. The van der Waals surface area contributed by atoms with Gasteiger partial charge in [0.25, 0.3) is 0 Å². The van der Waals surface area contributed by atoms with Crippen LogP contribution in [0.15, 0.2) is 84.9 Å². The van der Waals surface area contributed by atoms with Crippen LogP contribution in [0.1, 0.15) is 33.4 Å². The van der Waals surface area contributed by atoms with E-state index in [9.17, 15) is 0 Å². The molecule has 63 heavy (non-hydrogen) atoms. The van der Waals surface area contributed by atoms with Gasteiger partial charge in [0, 0.05) is 35.1 Å². The highest BCUT2D eigenvalue weighted by molar-refractivity contribution is 7.19. The van der Waals surface area contributed by atoms with Crippen molar-refractivity contribution in [3.63, 3.8) is 0 Å². The minimum Gasteiger partial charge on any atom is -0.496 e. The Balaban J connectivity index is 1.57. The molecule has 1 aromatic heterocycles. The predicted molar refractivity (Wildman–Crippen MR) is 246 cm³/mol.